The van der Waals surface area contributed by atoms with Crippen LogP contribution in [0.25, 0.3) is 0 Å². The van der Waals surface area contributed by atoms with Crippen LogP contribution in [-0.2, 0) is 0 Å². The Morgan fingerprint density at radius 1 is 1.50 bits per heavy atom. The Hall–Kier alpha value is -1.50. The molecule has 1 fully saturated rings. The highest BCUT2D eigenvalue weighted by molar-refractivity contribution is 5.90. The van der Waals surface area contributed by atoms with Crippen molar-refractivity contribution in [2.75, 3.05) is 19.6 Å². The Labute approximate surface area is 106 Å². The maximum atomic E-state index is 11.7. The van der Waals surface area contributed by atoms with Gasteiger partial charge in [0.2, 0.25) is 0 Å². The molecular weight excluding hydrogens is 232 g/mol. The van der Waals surface area contributed by atoms with Gasteiger partial charge in [0, 0.05) is 19.1 Å². The van der Waals surface area contributed by atoms with Crippen LogP contribution in [0.3, 0.4) is 0 Å². The first-order chi connectivity index (χ1) is 8.79. The second-order valence-corrected chi connectivity index (χ2v) is 4.68. The van der Waals surface area contributed by atoms with Crippen molar-refractivity contribution in [2.24, 2.45) is 0 Å². The number of aromatic nitrogens is 4. The lowest BCUT2D eigenvalue weighted by atomic mass is 10.0. The average molecular weight is 252 g/mol. The zero-order valence-electron chi connectivity index (χ0n) is 10.7. The number of aromatic amines is 1. The Balaban J connectivity index is 1.72. The minimum Gasteiger partial charge on any atom is -0.346 e. The first-order valence-electron chi connectivity index (χ1n) is 6.56. The number of carbonyl (C=O) groups excluding carboxylic acids is 1. The number of H-pyrrole nitrogens is 1. The SMILES string of the molecule is CCCCN1CCC(NC(=O)c2nn[nH]n2)CC1. The molecule has 0 aromatic carbocycles. The monoisotopic (exact) mass is 252 g/mol. The molecule has 0 saturated carbocycles. The zero-order valence-corrected chi connectivity index (χ0v) is 10.7. The molecule has 7 heteroatoms. The van der Waals surface area contributed by atoms with Gasteiger partial charge in [0.15, 0.2) is 0 Å². The minimum atomic E-state index is -0.240. The van der Waals surface area contributed by atoms with E-state index in [0.717, 1.165) is 25.9 Å². The molecule has 7 nitrogen and oxygen atoms in total. The van der Waals surface area contributed by atoms with Gasteiger partial charge in [-0.05, 0) is 31.0 Å². The van der Waals surface area contributed by atoms with E-state index in [1.54, 1.807) is 0 Å². The summed E-state index contributed by atoms with van der Waals surface area (Å²) in [5.74, 6) is -0.126. The summed E-state index contributed by atoms with van der Waals surface area (Å²) in [7, 11) is 0. The number of hydrogen-bond donors (Lipinski definition) is 2. The lowest BCUT2D eigenvalue weighted by Gasteiger charge is -2.32. The molecule has 2 rings (SSSR count). The van der Waals surface area contributed by atoms with Crippen molar-refractivity contribution in [1.29, 1.82) is 0 Å². The van der Waals surface area contributed by atoms with Gasteiger partial charge in [-0.2, -0.15) is 5.21 Å². The molecule has 1 aliphatic rings. The maximum absolute atomic E-state index is 11.7. The lowest BCUT2D eigenvalue weighted by Crippen LogP contribution is -2.45. The molecule has 1 amide bonds. The lowest BCUT2D eigenvalue weighted by molar-refractivity contribution is 0.0900. The third kappa shape index (κ3) is 3.49. The summed E-state index contributed by atoms with van der Waals surface area (Å²) in [6.07, 6.45) is 4.47. The van der Waals surface area contributed by atoms with E-state index >= 15 is 0 Å². The third-order valence-corrected chi connectivity index (χ3v) is 3.30. The summed E-state index contributed by atoms with van der Waals surface area (Å²) in [6.45, 7) is 5.48. The number of unbranched alkanes of at least 4 members (excludes halogenated alkanes) is 1. The molecule has 0 radical (unpaired) electrons. The van der Waals surface area contributed by atoms with Crippen molar-refractivity contribution in [3.8, 4) is 0 Å². The summed E-state index contributed by atoms with van der Waals surface area (Å²) in [5.41, 5.74) is 0. The second kappa shape index (κ2) is 6.44. The Morgan fingerprint density at radius 3 is 2.89 bits per heavy atom. The summed E-state index contributed by atoms with van der Waals surface area (Å²) >= 11 is 0. The maximum Gasteiger partial charge on any atom is 0.293 e. The zero-order chi connectivity index (χ0) is 12.8. The van der Waals surface area contributed by atoms with Gasteiger partial charge in [-0.25, -0.2) is 0 Å². The van der Waals surface area contributed by atoms with Crippen molar-refractivity contribution in [1.82, 2.24) is 30.8 Å². The van der Waals surface area contributed by atoms with E-state index in [0.29, 0.717) is 0 Å². The smallest absolute Gasteiger partial charge is 0.293 e. The Kier molecular flexibility index (Phi) is 4.63. The van der Waals surface area contributed by atoms with E-state index in [1.165, 1.54) is 19.4 Å². The Morgan fingerprint density at radius 2 is 2.28 bits per heavy atom. The molecule has 0 aliphatic carbocycles. The van der Waals surface area contributed by atoms with Gasteiger partial charge in [-0.3, -0.25) is 4.79 Å². The van der Waals surface area contributed by atoms with Crippen LogP contribution in [0.5, 0.6) is 0 Å². The fraction of sp³-hybridized carbons (Fsp3) is 0.818. The summed E-state index contributed by atoms with van der Waals surface area (Å²) < 4.78 is 0. The first kappa shape index (κ1) is 12.9. The van der Waals surface area contributed by atoms with Crippen LogP contribution >= 0.6 is 0 Å². The molecule has 1 aromatic rings. The quantitative estimate of drug-likeness (QED) is 0.781. The van der Waals surface area contributed by atoms with Gasteiger partial charge in [-0.1, -0.05) is 13.3 Å². The average Bonchev–Trinajstić information content (AvgIpc) is 2.92. The predicted molar refractivity (Wildman–Crippen MR) is 66.0 cm³/mol. The van der Waals surface area contributed by atoms with Crippen molar-refractivity contribution in [3.05, 3.63) is 5.82 Å². The molecule has 1 aliphatic heterocycles. The van der Waals surface area contributed by atoms with Crippen LogP contribution < -0.4 is 5.32 Å². The second-order valence-electron chi connectivity index (χ2n) is 4.68. The van der Waals surface area contributed by atoms with Gasteiger partial charge in [-0.15, -0.1) is 10.2 Å². The predicted octanol–water partition coefficient (Wildman–Crippen LogP) is 0.194. The molecule has 100 valence electrons. The molecule has 0 bridgehead atoms. The number of piperidine rings is 1. The molecule has 0 spiro atoms. The normalized spacial score (nSPS) is 17.8. The molecule has 2 N–H and O–H groups in total. The van der Waals surface area contributed by atoms with E-state index in [9.17, 15) is 4.79 Å². The van der Waals surface area contributed by atoms with Crippen LogP contribution in [-0.4, -0.2) is 57.1 Å². The number of rotatable bonds is 5. The van der Waals surface area contributed by atoms with Crippen LogP contribution in [0.15, 0.2) is 0 Å². The first-order valence-corrected chi connectivity index (χ1v) is 6.56. The Bertz CT molecular complexity index is 358. The van der Waals surface area contributed by atoms with Crippen molar-refractivity contribution < 1.29 is 4.79 Å². The molecule has 0 atom stereocenters. The van der Waals surface area contributed by atoms with Gasteiger partial charge < -0.3 is 10.2 Å². The molecule has 1 saturated heterocycles. The van der Waals surface area contributed by atoms with E-state index in [-0.39, 0.29) is 17.8 Å². The van der Waals surface area contributed by atoms with Crippen molar-refractivity contribution in [3.63, 3.8) is 0 Å². The minimum absolute atomic E-state index is 0.114. The summed E-state index contributed by atoms with van der Waals surface area (Å²) in [6, 6.07) is 0.230. The number of hydrogen-bond acceptors (Lipinski definition) is 5. The molecule has 18 heavy (non-hydrogen) atoms. The fourth-order valence-electron chi connectivity index (χ4n) is 2.19. The third-order valence-electron chi connectivity index (χ3n) is 3.30. The van der Waals surface area contributed by atoms with Crippen molar-refractivity contribution >= 4 is 5.91 Å². The van der Waals surface area contributed by atoms with E-state index in [1.807, 2.05) is 0 Å². The van der Waals surface area contributed by atoms with Crippen molar-refractivity contribution in [2.45, 2.75) is 38.6 Å². The number of tetrazole rings is 1. The van der Waals surface area contributed by atoms with Gasteiger partial charge >= 0.3 is 0 Å². The highest BCUT2D eigenvalue weighted by Crippen LogP contribution is 2.11. The molecular formula is C11H20N6O. The molecule has 2 heterocycles. The summed E-state index contributed by atoms with van der Waals surface area (Å²) in [5, 5.41) is 15.9. The highest BCUT2D eigenvalue weighted by atomic mass is 16.2. The highest BCUT2D eigenvalue weighted by Gasteiger charge is 2.22. The van der Waals surface area contributed by atoms with Crippen LogP contribution in [0, 0.1) is 0 Å². The summed E-state index contributed by atoms with van der Waals surface area (Å²) in [4.78, 5) is 14.2. The topological polar surface area (TPSA) is 86.8 Å². The van der Waals surface area contributed by atoms with Crippen LogP contribution in [0.2, 0.25) is 0 Å². The van der Waals surface area contributed by atoms with Gasteiger partial charge in [0.1, 0.15) is 0 Å². The number of carbonyl (C=O) groups is 1. The number of amides is 1. The van der Waals surface area contributed by atoms with E-state index in [2.05, 4.69) is 37.8 Å². The van der Waals surface area contributed by atoms with Crippen LogP contribution in [0.4, 0.5) is 0 Å². The number of likely N-dealkylation sites (tertiary alicyclic amines) is 1. The van der Waals surface area contributed by atoms with Gasteiger partial charge in [0.25, 0.3) is 11.7 Å². The van der Waals surface area contributed by atoms with Gasteiger partial charge in [0.05, 0.1) is 0 Å². The van der Waals surface area contributed by atoms with Crippen LogP contribution in [0.1, 0.15) is 43.2 Å². The van der Waals surface area contributed by atoms with E-state index in [4.69, 9.17) is 0 Å². The number of nitrogens with zero attached hydrogens (tertiary/aromatic N) is 4. The largest absolute Gasteiger partial charge is 0.346 e. The number of nitrogens with one attached hydrogen (secondary N) is 2. The molecule has 1 aromatic heterocycles. The fourth-order valence-corrected chi connectivity index (χ4v) is 2.19. The van der Waals surface area contributed by atoms with E-state index < -0.39 is 0 Å². The standard InChI is InChI=1S/C11H20N6O/c1-2-3-6-17-7-4-9(5-8-17)12-11(18)10-13-15-16-14-10/h9H,2-8H2,1H3,(H,12,18)(H,13,14,15,16). The molecule has 0 unspecified atom stereocenters.